The maximum absolute atomic E-state index is 11.8. The SMILES string of the molecule is COC(=O)CN(C)C(=O)CCCOc1ccc(C(C)(C)C)cc1. The second-order valence-corrected chi connectivity index (χ2v) is 6.55. The third kappa shape index (κ3) is 6.72. The van der Waals surface area contributed by atoms with E-state index in [1.807, 2.05) is 12.1 Å². The number of likely N-dealkylation sites (N-methyl/N-ethyl adjacent to an activating group) is 1. The number of carbonyl (C=O) groups is 2. The van der Waals surface area contributed by atoms with Gasteiger partial charge in [0.05, 0.1) is 13.7 Å². The van der Waals surface area contributed by atoms with Gasteiger partial charge >= 0.3 is 5.97 Å². The monoisotopic (exact) mass is 321 g/mol. The van der Waals surface area contributed by atoms with Gasteiger partial charge in [0.1, 0.15) is 12.3 Å². The Kier molecular flexibility index (Phi) is 7.07. The van der Waals surface area contributed by atoms with E-state index in [2.05, 4.69) is 37.6 Å². The molecule has 128 valence electrons. The molecule has 0 fully saturated rings. The number of esters is 1. The number of methoxy groups -OCH3 is 1. The van der Waals surface area contributed by atoms with Crippen LogP contribution in [0.25, 0.3) is 0 Å². The molecule has 0 aromatic heterocycles. The first-order chi connectivity index (χ1) is 10.7. The van der Waals surface area contributed by atoms with Crippen LogP contribution in [0.5, 0.6) is 5.75 Å². The molecule has 0 saturated heterocycles. The van der Waals surface area contributed by atoms with Crippen LogP contribution in [0.3, 0.4) is 0 Å². The average molecular weight is 321 g/mol. The molecule has 23 heavy (non-hydrogen) atoms. The summed E-state index contributed by atoms with van der Waals surface area (Å²) in [7, 11) is 2.89. The predicted octanol–water partition coefficient (Wildman–Crippen LogP) is 2.77. The molecule has 0 radical (unpaired) electrons. The number of hydrogen-bond acceptors (Lipinski definition) is 4. The summed E-state index contributed by atoms with van der Waals surface area (Å²) in [6, 6.07) is 8.02. The summed E-state index contributed by atoms with van der Waals surface area (Å²) < 4.78 is 10.2. The lowest BCUT2D eigenvalue weighted by molar-refractivity contribution is -0.146. The Morgan fingerprint density at radius 1 is 1.13 bits per heavy atom. The predicted molar refractivity (Wildman–Crippen MR) is 89.5 cm³/mol. The van der Waals surface area contributed by atoms with E-state index in [9.17, 15) is 9.59 Å². The maximum Gasteiger partial charge on any atom is 0.325 e. The van der Waals surface area contributed by atoms with E-state index in [0.29, 0.717) is 19.4 Å². The van der Waals surface area contributed by atoms with Crippen LogP contribution in [0, 0.1) is 0 Å². The van der Waals surface area contributed by atoms with Crippen molar-refractivity contribution in [1.82, 2.24) is 4.90 Å². The molecule has 0 bridgehead atoms. The number of rotatable bonds is 7. The van der Waals surface area contributed by atoms with Gasteiger partial charge in [-0.3, -0.25) is 9.59 Å². The second-order valence-electron chi connectivity index (χ2n) is 6.55. The number of hydrogen-bond donors (Lipinski definition) is 0. The highest BCUT2D eigenvalue weighted by Gasteiger charge is 2.14. The minimum Gasteiger partial charge on any atom is -0.494 e. The van der Waals surface area contributed by atoms with E-state index in [1.54, 1.807) is 7.05 Å². The molecule has 0 unspecified atom stereocenters. The molecule has 0 atom stereocenters. The van der Waals surface area contributed by atoms with Gasteiger partial charge in [0, 0.05) is 13.5 Å². The van der Waals surface area contributed by atoms with Crippen LogP contribution < -0.4 is 4.74 Å². The molecule has 1 aromatic rings. The first-order valence-corrected chi connectivity index (χ1v) is 7.78. The second kappa shape index (κ2) is 8.56. The molecule has 0 N–H and O–H groups in total. The number of nitrogens with zero attached hydrogens (tertiary/aromatic N) is 1. The zero-order valence-corrected chi connectivity index (χ0v) is 14.7. The van der Waals surface area contributed by atoms with Crippen molar-refractivity contribution in [2.24, 2.45) is 0 Å². The van der Waals surface area contributed by atoms with Crippen LogP contribution in [0.1, 0.15) is 39.2 Å². The molecule has 5 heteroatoms. The van der Waals surface area contributed by atoms with E-state index in [1.165, 1.54) is 17.6 Å². The molecule has 0 heterocycles. The highest BCUT2D eigenvalue weighted by atomic mass is 16.5. The highest BCUT2D eigenvalue weighted by molar-refractivity contribution is 5.81. The Labute approximate surface area is 138 Å². The number of amides is 1. The van der Waals surface area contributed by atoms with E-state index >= 15 is 0 Å². The first-order valence-electron chi connectivity index (χ1n) is 7.78. The third-order valence-corrected chi connectivity index (χ3v) is 3.54. The molecule has 0 aliphatic heterocycles. The molecule has 1 amide bonds. The normalized spacial score (nSPS) is 11.0. The van der Waals surface area contributed by atoms with E-state index < -0.39 is 5.97 Å². The van der Waals surface area contributed by atoms with Crippen LogP contribution in [-0.2, 0) is 19.7 Å². The number of carbonyl (C=O) groups excluding carboxylic acids is 2. The van der Waals surface area contributed by atoms with Crippen LogP contribution >= 0.6 is 0 Å². The van der Waals surface area contributed by atoms with E-state index in [4.69, 9.17) is 4.74 Å². The lowest BCUT2D eigenvalue weighted by Gasteiger charge is -2.19. The lowest BCUT2D eigenvalue weighted by Crippen LogP contribution is -2.32. The topological polar surface area (TPSA) is 55.8 Å². The van der Waals surface area contributed by atoms with E-state index in [-0.39, 0.29) is 17.9 Å². The summed E-state index contributed by atoms with van der Waals surface area (Å²) in [5.74, 6) is 0.284. The van der Waals surface area contributed by atoms with Crippen molar-refractivity contribution in [2.45, 2.75) is 39.0 Å². The zero-order valence-electron chi connectivity index (χ0n) is 14.7. The summed E-state index contributed by atoms with van der Waals surface area (Å²) in [6.07, 6.45) is 0.943. The van der Waals surface area contributed by atoms with Crippen LogP contribution in [0.15, 0.2) is 24.3 Å². The quantitative estimate of drug-likeness (QED) is 0.572. The number of benzene rings is 1. The van der Waals surface area contributed by atoms with Gasteiger partial charge in [-0.05, 0) is 29.5 Å². The minimum atomic E-state index is -0.420. The van der Waals surface area contributed by atoms with Crippen LogP contribution in [-0.4, -0.2) is 44.1 Å². The maximum atomic E-state index is 11.8. The molecule has 0 saturated carbocycles. The molecule has 0 aliphatic rings. The van der Waals surface area contributed by atoms with Gasteiger partial charge in [-0.2, -0.15) is 0 Å². The fourth-order valence-electron chi connectivity index (χ4n) is 2.00. The summed E-state index contributed by atoms with van der Waals surface area (Å²) in [6.45, 7) is 6.94. The highest BCUT2D eigenvalue weighted by Crippen LogP contribution is 2.24. The Balaban J connectivity index is 2.32. The van der Waals surface area contributed by atoms with Gasteiger partial charge in [0.2, 0.25) is 5.91 Å². The van der Waals surface area contributed by atoms with Gasteiger partial charge in [-0.25, -0.2) is 0 Å². The van der Waals surface area contributed by atoms with Gasteiger partial charge < -0.3 is 14.4 Å². The molecule has 0 aliphatic carbocycles. The van der Waals surface area contributed by atoms with Crippen molar-refractivity contribution >= 4 is 11.9 Å². The van der Waals surface area contributed by atoms with Crippen molar-refractivity contribution in [1.29, 1.82) is 0 Å². The molecule has 1 aromatic carbocycles. The fourth-order valence-corrected chi connectivity index (χ4v) is 2.00. The molecule has 1 rings (SSSR count). The van der Waals surface area contributed by atoms with Crippen molar-refractivity contribution in [2.75, 3.05) is 27.3 Å². The van der Waals surface area contributed by atoms with Gasteiger partial charge in [0.15, 0.2) is 0 Å². The number of ether oxygens (including phenoxy) is 2. The van der Waals surface area contributed by atoms with Crippen molar-refractivity contribution < 1.29 is 19.1 Å². The standard InChI is InChI=1S/C18H27NO4/c1-18(2,3)14-8-10-15(11-9-14)23-12-6-7-16(20)19(4)13-17(21)22-5/h8-11H,6-7,12-13H2,1-5H3. The molecular formula is C18H27NO4. The molecule has 0 spiro atoms. The van der Waals surface area contributed by atoms with Crippen LogP contribution in [0.4, 0.5) is 0 Å². The lowest BCUT2D eigenvalue weighted by atomic mass is 9.87. The van der Waals surface area contributed by atoms with Crippen molar-refractivity contribution in [3.63, 3.8) is 0 Å². The van der Waals surface area contributed by atoms with Crippen molar-refractivity contribution in [3.05, 3.63) is 29.8 Å². The van der Waals surface area contributed by atoms with Gasteiger partial charge in [-0.1, -0.05) is 32.9 Å². The largest absolute Gasteiger partial charge is 0.494 e. The average Bonchev–Trinajstić information content (AvgIpc) is 2.50. The molecule has 5 nitrogen and oxygen atoms in total. The summed E-state index contributed by atoms with van der Waals surface area (Å²) >= 11 is 0. The minimum absolute atomic E-state index is 0.0234. The summed E-state index contributed by atoms with van der Waals surface area (Å²) in [5, 5.41) is 0. The smallest absolute Gasteiger partial charge is 0.325 e. The summed E-state index contributed by atoms with van der Waals surface area (Å²) in [4.78, 5) is 24.3. The van der Waals surface area contributed by atoms with Crippen molar-refractivity contribution in [3.8, 4) is 5.75 Å². The first kappa shape index (κ1) is 19.0. The van der Waals surface area contributed by atoms with E-state index in [0.717, 1.165) is 5.75 Å². The molecular weight excluding hydrogens is 294 g/mol. The van der Waals surface area contributed by atoms with Gasteiger partial charge in [-0.15, -0.1) is 0 Å². The van der Waals surface area contributed by atoms with Gasteiger partial charge in [0.25, 0.3) is 0 Å². The summed E-state index contributed by atoms with van der Waals surface area (Å²) in [5.41, 5.74) is 1.37. The zero-order chi connectivity index (χ0) is 17.5. The Morgan fingerprint density at radius 2 is 1.74 bits per heavy atom. The van der Waals surface area contributed by atoms with Crippen LogP contribution in [0.2, 0.25) is 0 Å². The third-order valence-electron chi connectivity index (χ3n) is 3.54. The Hall–Kier alpha value is -2.04. The fraction of sp³-hybridized carbons (Fsp3) is 0.556. The Morgan fingerprint density at radius 3 is 2.26 bits per heavy atom. The Bertz CT molecular complexity index is 517.